The first-order chi connectivity index (χ1) is 9.49. The lowest BCUT2D eigenvalue weighted by atomic mass is 10.1. The van der Waals surface area contributed by atoms with E-state index in [0.29, 0.717) is 12.5 Å². The van der Waals surface area contributed by atoms with Crippen molar-refractivity contribution >= 4 is 29.1 Å². The highest BCUT2D eigenvalue weighted by atomic mass is 32.2. The molecular weight excluding hydrogens is 287 g/mol. The van der Waals surface area contributed by atoms with Crippen molar-refractivity contribution in [3.8, 4) is 0 Å². The molecule has 1 aromatic rings. The number of aromatic carboxylic acids is 1. The number of hydrogen-bond donors (Lipinski definition) is 2. The first-order valence-electron chi connectivity index (χ1n) is 6.02. The Bertz CT molecular complexity index is 547. The average Bonchev–Trinajstić information content (AvgIpc) is 2.88. The maximum Gasteiger partial charge on any atom is 0.338 e. The lowest BCUT2D eigenvalue weighted by Gasteiger charge is -2.12. The molecule has 1 atom stereocenters. The number of rotatable bonds is 5. The first kappa shape index (κ1) is 14.6. The second-order valence-corrected chi connectivity index (χ2v) is 5.67. The quantitative estimate of drug-likeness (QED) is 0.641. The van der Waals surface area contributed by atoms with E-state index in [1.165, 1.54) is 0 Å². The fourth-order valence-corrected chi connectivity index (χ4v) is 3.30. The van der Waals surface area contributed by atoms with Gasteiger partial charge in [-0.15, -0.1) is 0 Å². The van der Waals surface area contributed by atoms with Gasteiger partial charge in [-0.25, -0.2) is 9.18 Å². The van der Waals surface area contributed by atoms with Crippen molar-refractivity contribution in [1.29, 1.82) is 0 Å². The number of carbonyl (C=O) groups is 1. The van der Waals surface area contributed by atoms with Crippen LogP contribution in [-0.4, -0.2) is 34.0 Å². The van der Waals surface area contributed by atoms with Crippen LogP contribution in [-0.2, 0) is 0 Å². The summed E-state index contributed by atoms with van der Waals surface area (Å²) >= 11 is 1.81. The fourth-order valence-electron chi connectivity index (χ4n) is 2.02. The summed E-state index contributed by atoms with van der Waals surface area (Å²) in [5, 5.41) is 22.6. The second-order valence-electron chi connectivity index (χ2n) is 4.52. The van der Waals surface area contributed by atoms with Crippen LogP contribution in [0.25, 0.3) is 0 Å². The van der Waals surface area contributed by atoms with Crippen LogP contribution in [0, 0.1) is 21.8 Å². The van der Waals surface area contributed by atoms with Crippen LogP contribution in [0.15, 0.2) is 12.1 Å². The van der Waals surface area contributed by atoms with Crippen LogP contribution >= 0.6 is 11.8 Å². The number of thioether (sulfide) groups is 1. The highest BCUT2D eigenvalue weighted by Gasteiger charge is 2.23. The number of nitrogens with zero attached hydrogens (tertiary/aromatic N) is 1. The number of nitro groups is 1. The molecule has 20 heavy (non-hydrogen) atoms. The summed E-state index contributed by atoms with van der Waals surface area (Å²) in [4.78, 5) is 21.0. The van der Waals surface area contributed by atoms with Crippen LogP contribution in [0.3, 0.4) is 0 Å². The molecular formula is C12H13FN2O4S. The molecule has 1 aliphatic rings. The van der Waals surface area contributed by atoms with E-state index in [1.54, 1.807) is 0 Å². The highest BCUT2D eigenvalue weighted by Crippen LogP contribution is 2.29. The number of nitro benzene ring substituents is 1. The van der Waals surface area contributed by atoms with Crippen molar-refractivity contribution in [2.45, 2.75) is 6.42 Å². The van der Waals surface area contributed by atoms with Crippen LogP contribution in [0.5, 0.6) is 0 Å². The minimum absolute atomic E-state index is 0.0226. The number of carboxylic acids is 1. The van der Waals surface area contributed by atoms with E-state index in [-0.39, 0.29) is 5.69 Å². The first-order valence-corrected chi connectivity index (χ1v) is 7.17. The van der Waals surface area contributed by atoms with E-state index >= 15 is 0 Å². The van der Waals surface area contributed by atoms with E-state index in [0.717, 1.165) is 30.1 Å². The largest absolute Gasteiger partial charge is 0.478 e. The third-order valence-corrected chi connectivity index (χ3v) is 4.35. The van der Waals surface area contributed by atoms with Gasteiger partial charge in [0.1, 0.15) is 17.1 Å². The normalized spacial score (nSPS) is 17.9. The van der Waals surface area contributed by atoms with Crippen LogP contribution in [0.2, 0.25) is 0 Å². The molecule has 0 aromatic heterocycles. The van der Waals surface area contributed by atoms with Gasteiger partial charge in [-0.05, 0) is 23.8 Å². The zero-order chi connectivity index (χ0) is 14.7. The van der Waals surface area contributed by atoms with E-state index in [4.69, 9.17) is 5.11 Å². The molecule has 1 aromatic carbocycles. The SMILES string of the molecule is O=C(O)c1cc([N+](=O)[O-])c(NCC2CCSC2)cc1F. The third kappa shape index (κ3) is 3.19. The molecule has 108 valence electrons. The smallest absolute Gasteiger partial charge is 0.338 e. The van der Waals surface area contributed by atoms with E-state index in [2.05, 4.69) is 5.32 Å². The fraction of sp³-hybridized carbons (Fsp3) is 0.417. The number of benzene rings is 1. The number of anilines is 1. The lowest BCUT2D eigenvalue weighted by molar-refractivity contribution is -0.384. The molecule has 1 fully saturated rings. The summed E-state index contributed by atoms with van der Waals surface area (Å²) in [7, 11) is 0. The lowest BCUT2D eigenvalue weighted by Crippen LogP contribution is -2.15. The monoisotopic (exact) mass is 300 g/mol. The summed E-state index contributed by atoms with van der Waals surface area (Å²) in [6.07, 6.45) is 1.02. The molecule has 0 radical (unpaired) electrons. The molecule has 0 bridgehead atoms. The van der Waals surface area contributed by atoms with Gasteiger partial charge in [-0.2, -0.15) is 11.8 Å². The summed E-state index contributed by atoms with van der Waals surface area (Å²) < 4.78 is 13.6. The molecule has 8 heteroatoms. The molecule has 2 N–H and O–H groups in total. The maximum absolute atomic E-state index is 13.6. The Kier molecular flexibility index (Phi) is 4.43. The number of carboxylic acid groups (broad SMARTS) is 1. The molecule has 1 heterocycles. The second kappa shape index (κ2) is 6.08. The van der Waals surface area contributed by atoms with Gasteiger partial charge in [0, 0.05) is 18.7 Å². The Morgan fingerprint density at radius 2 is 2.35 bits per heavy atom. The molecule has 6 nitrogen and oxygen atoms in total. The highest BCUT2D eigenvalue weighted by molar-refractivity contribution is 7.99. The van der Waals surface area contributed by atoms with Crippen molar-refractivity contribution in [1.82, 2.24) is 0 Å². The molecule has 2 rings (SSSR count). The average molecular weight is 300 g/mol. The van der Waals surface area contributed by atoms with Gasteiger partial charge in [0.15, 0.2) is 0 Å². The van der Waals surface area contributed by atoms with E-state index in [1.807, 2.05) is 11.8 Å². The standard InChI is InChI=1S/C12H13FN2O4S/c13-9-4-10(14-5-7-1-2-20-6-7)11(15(18)19)3-8(9)12(16)17/h3-4,7,14H,1-2,5-6H2,(H,16,17). The number of nitrogens with one attached hydrogen (secondary N) is 1. The summed E-state index contributed by atoms with van der Waals surface area (Å²) in [6.45, 7) is 0.514. The predicted octanol–water partition coefficient (Wildman–Crippen LogP) is 2.60. The van der Waals surface area contributed by atoms with Crippen LogP contribution < -0.4 is 5.32 Å². The predicted molar refractivity (Wildman–Crippen MR) is 73.9 cm³/mol. The van der Waals surface area contributed by atoms with Crippen molar-refractivity contribution < 1.29 is 19.2 Å². The van der Waals surface area contributed by atoms with Gasteiger partial charge in [0.25, 0.3) is 5.69 Å². The molecule has 0 amide bonds. The zero-order valence-corrected chi connectivity index (χ0v) is 11.3. The maximum atomic E-state index is 13.6. The van der Waals surface area contributed by atoms with Crippen molar-refractivity contribution in [2.75, 3.05) is 23.4 Å². The van der Waals surface area contributed by atoms with Crippen molar-refractivity contribution in [3.63, 3.8) is 0 Å². The molecule has 1 unspecified atom stereocenters. The van der Waals surface area contributed by atoms with Gasteiger partial charge in [0.2, 0.25) is 0 Å². The summed E-state index contributed by atoms with van der Waals surface area (Å²) in [6, 6.07) is 1.63. The Labute approximate surface area is 118 Å². The Morgan fingerprint density at radius 3 is 2.90 bits per heavy atom. The molecule has 0 saturated carbocycles. The Balaban J connectivity index is 2.23. The molecule has 1 aliphatic heterocycles. The Hall–Kier alpha value is -1.83. The van der Waals surface area contributed by atoms with Crippen LogP contribution in [0.4, 0.5) is 15.8 Å². The van der Waals surface area contributed by atoms with Gasteiger partial charge in [-0.1, -0.05) is 0 Å². The molecule has 0 spiro atoms. The summed E-state index contributed by atoms with van der Waals surface area (Å²) in [5.74, 6) is -0.0883. The van der Waals surface area contributed by atoms with Gasteiger partial charge < -0.3 is 10.4 Å². The van der Waals surface area contributed by atoms with Crippen LogP contribution in [0.1, 0.15) is 16.8 Å². The Morgan fingerprint density at radius 1 is 1.60 bits per heavy atom. The number of halogens is 1. The zero-order valence-electron chi connectivity index (χ0n) is 10.5. The minimum atomic E-state index is -1.52. The van der Waals surface area contributed by atoms with E-state index in [9.17, 15) is 19.3 Å². The number of hydrogen-bond acceptors (Lipinski definition) is 5. The van der Waals surface area contributed by atoms with E-state index < -0.39 is 28.0 Å². The molecule has 0 aliphatic carbocycles. The van der Waals surface area contributed by atoms with Crippen molar-refractivity contribution in [3.05, 3.63) is 33.6 Å². The summed E-state index contributed by atoms with van der Waals surface area (Å²) in [5.41, 5.74) is -1.09. The van der Waals surface area contributed by atoms with Gasteiger partial charge in [-0.3, -0.25) is 10.1 Å². The van der Waals surface area contributed by atoms with Gasteiger partial charge >= 0.3 is 5.97 Å². The van der Waals surface area contributed by atoms with Gasteiger partial charge in [0.05, 0.1) is 4.92 Å². The van der Waals surface area contributed by atoms with Crippen molar-refractivity contribution in [2.24, 2.45) is 5.92 Å². The minimum Gasteiger partial charge on any atom is -0.478 e. The third-order valence-electron chi connectivity index (χ3n) is 3.12. The molecule has 1 saturated heterocycles. The topological polar surface area (TPSA) is 92.5 Å².